The Morgan fingerprint density at radius 3 is 1.14 bits per heavy atom. The van der Waals surface area contributed by atoms with Crippen molar-refractivity contribution >= 4 is 79.5 Å². The molecule has 0 saturated carbocycles. The first-order chi connectivity index (χ1) is 27.2. The van der Waals surface area contributed by atoms with E-state index in [-0.39, 0.29) is 24.8 Å². The zero-order valence-corrected chi connectivity index (χ0v) is 36.2. The van der Waals surface area contributed by atoms with Gasteiger partial charge >= 0.3 is 0 Å². The number of benzene rings is 6. The van der Waals surface area contributed by atoms with Crippen molar-refractivity contribution in [2.24, 2.45) is 0 Å². The van der Waals surface area contributed by atoms with Gasteiger partial charge in [-0.3, -0.25) is 0 Å². The predicted octanol–water partition coefficient (Wildman–Crippen LogP) is 11.7. The summed E-state index contributed by atoms with van der Waals surface area (Å²) in [6.07, 6.45) is 2.26. The molecule has 6 aromatic carbocycles. The number of hydrogen-bond acceptors (Lipinski definition) is 6. The number of pyridine rings is 2. The van der Waals surface area contributed by atoms with Gasteiger partial charge in [0.1, 0.15) is 0 Å². The highest BCUT2D eigenvalue weighted by Crippen LogP contribution is 2.33. The lowest BCUT2D eigenvalue weighted by Crippen LogP contribution is -2.23. The zero-order valence-electron chi connectivity index (χ0n) is 34.6. The molecule has 0 aliphatic heterocycles. The average Bonchev–Trinajstić information content (AvgIpc) is 3.22. The maximum absolute atomic E-state index is 4.97. The minimum atomic E-state index is 0. The van der Waals surface area contributed by atoms with E-state index in [1.807, 2.05) is 0 Å². The monoisotopic (exact) mass is 810 g/mol. The first-order valence-corrected chi connectivity index (χ1v) is 19.7. The van der Waals surface area contributed by atoms with Crippen LogP contribution in [0.25, 0.3) is 65.9 Å². The standard InChI is InChI=1S/2C25H27N3.2ClH/c2*1-27(2)15-8-16-28(3)25-18-24(26-23-12-7-6-11-22(23)25)21-14-13-19-9-4-5-10-20(19)17-21;;/h2*4-7,9-14,17-18H,8,15-16H2,1-3H3;2*1H. The van der Waals surface area contributed by atoms with Gasteiger partial charge in [-0.2, -0.15) is 0 Å². The molecule has 8 aromatic rings. The third kappa shape index (κ3) is 10.6. The Bertz CT molecular complexity index is 2390. The molecule has 58 heavy (non-hydrogen) atoms. The molecule has 2 heterocycles. The van der Waals surface area contributed by atoms with Crippen LogP contribution < -0.4 is 9.80 Å². The molecule has 6 nitrogen and oxygen atoms in total. The summed E-state index contributed by atoms with van der Waals surface area (Å²) in [5, 5.41) is 7.42. The van der Waals surface area contributed by atoms with E-state index in [1.54, 1.807) is 0 Å². The molecular weight excluding hydrogens is 755 g/mol. The highest BCUT2D eigenvalue weighted by molar-refractivity contribution is 5.97. The molecule has 0 aliphatic carbocycles. The number of para-hydroxylation sites is 2. The maximum atomic E-state index is 4.97. The molecule has 8 heteroatoms. The van der Waals surface area contributed by atoms with Crippen LogP contribution in [-0.4, -0.2) is 88.2 Å². The average molecular weight is 812 g/mol. The number of anilines is 2. The summed E-state index contributed by atoms with van der Waals surface area (Å²) in [5.41, 5.74) is 8.95. The molecule has 0 N–H and O–H groups in total. The lowest BCUT2D eigenvalue weighted by molar-refractivity contribution is 0.402. The van der Waals surface area contributed by atoms with Crippen LogP contribution in [-0.2, 0) is 0 Å². The highest BCUT2D eigenvalue weighted by Gasteiger charge is 2.13. The molecule has 0 spiro atoms. The SMILES string of the molecule is CN(C)CCCN(C)c1cc(-c2ccc3ccccc3c2)nc2ccccc12.CN(C)CCCN(C)c1cc(-c2ccc3ccccc3c2)nc2ccccc12.Cl.Cl. The Kier molecular flexibility index (Phi) is 15.5. The van der Waals surface area contributed by atoms with Crippen LogP contribution in [0.4, 0.5) is 11.4 Å². The van der Waals surface area contributed by atoms with Crippen molar-refractivity contribution in [3.8, 4) is 22.5 Å². The van der Waals surface area contributed by atoms with Crippen molar-refractivity contribution in [3.05, 3.63) is 146 Å². The van der Waals surface area contributed by atoms with Crippen LogP contribution in [0.1, 0.15) is 12.8 Å². The largest absolute Gasteiger partial charge is 0.374 e. The second-order valence-corrected chi connectivity index (χ2v) is 15.4. The fraction of sp³-hybridized carbons (Fsp3) is 0.240. The van der Waals surface area contributed by atoms with Gasteiger partial charge in [0.15, 0.2) is 0 Å². The van der Waals surface area contributed by atoms with E-state index in [9.17, 15) is 0 Å². The van der Waals surface area contributed by atoms with E-state index in [1.165, 1.54) is 43.7 Å². The smallest absolute Gasteiger partial charge is 0.0730 e. The minimum absolute atomic E-state index is 0. The predicted molar refractivity (Wildman–Crippen MR) is 257 cm³/mol. The third-order valence-electron chi connectivity index (χ3n) is 10.5. The van der Waals surface area contributed by atoms with Crippen molar-refractivity contribution in [1.82, 2.24) is 19.8 Å². The van der Waals surface area contributed by atoms with Crippen molar-refractivity contribution in [2.75, 3.05) is 78.3 Å². The van der Waals surface area contributed by atoms with Gasteiger partial charge in [0.2, 0.25) is 0 Å². The summed E-state index contributed by atoms with van der Waals surface area (Å²) in [6.45, 7) is 4.21. The number of hydrogen-bond donors (Lipinski definition) is 0. The van der Waals surface area contributed by atoms with Gasteiger partial charge in [0.05, 0.1) is 22.4 Å². The molecule has 0 amide bonds. The quantitative estimate of drug-likeness (QED) is 0.122. The normalized spacial score (nSPS) is 11.0. The zero-order chi connectivity index (χ0) is 39.0. The van der Waals surface area contributed by atoms with Crippen molar-refractivity contribution < 1.29 is 0 Å². The molecule has 0 bridgehead atoms. The Hall–Kier alpha value is -5.24. The highest BCUT2D eigenvalue weighted by atomic mass is 35.5. The minimum Gasteiger partial charge on any atom is -0.374 e. The molecule has 0 saturated heterocycles. The molecule has 0 unspecified atom stereocenters. The molecule has 300 valence electrons. The van der Waals surface area contributed by atoms with Gasteiger partial charge in [-0.15, -0.1) is 24.8 Å². The molecule has 0 aliphatic rings. The second kappa shape index (κ2) is 20.4. The summed E-state index contributed by atoms with van der Waals surface area (Å²) in [6, 6.07) is 51.5. The lowest BCUT2D eigenvalue weighted by Gasteiger charge is -2.23. The fourth-order valence-electron chi connectivity index (χ4n) is 7.43. The van der Waals surface area contributed by atoms with Gasteiger partial charge < -0.3 is 19.6 Å². The van der Waals surface area contributed by atoms with Crippen molar-refractivity contribution in [1.29, 1.82) is 0 Å². The van der Waals surface area contributed by atoms with Gasteiger partial charge in [0.25, 0.3) is 0 Å². The van der Waals surface area contributed by atoms with Gasteiger partial charge in [-0.25, -0.2) is 9.97 Å². The summed E-state index contributed by atoms with van der Waals surface area (Å²) in [4.78, 5) is 19.1. The molecule has 8 rings (SSSR count). The first-order valence-electron chi connectivity index (χ1n) is 19.7. The van der Waals surface area contributed by atoms with E-state index in [0.29, 0.717) is 0 Å². The summed E-state index contributed by atoms with van der Waals surface area (Å²) < 4.78 is 0. The van der Waals surface area contributed by atoms with Crippen LogP contribution in [0.15, 0.2) is 146 Å². The van der Waals surface area contributed by atoms with E-state index in [4.69, 9.17) is 9.97 Å². The van der Waals surface area contributed by atoms with Gasteiger partial charge in [0, 0.05) is 60.5 Å². The molecule has 0 fully saturated rings. The number of rotatable bonds is 12. The number of aromatic nitrogens is 2. The van der Waals surface area contributed by atoms with Crippen LogP contribution in [0.2, 0.25) is 0 Å². The van der Waals surface area contributed by atoms with Crippen LogP contribution in [0.5, 0.6) is 0 Å². The Labute approximate surface area is 356 Å². The van der Waals surface area contributed by atoms with E-state index >= 15 is 0 Å². The fourth-order valence-corrected chi connectivity index (χ4v) is 7.43. The summed E-state index contributed by atoms with van der Waals surface area (Å²) in [5.74, 6) is 0. The molecule has 0 atom stereocenters. The van der Waals surface area contributed by atoms with E-state index < -0.39 is 0 Å². The molecular formula is C50H56Cl2N6. The molecule has 0 radical (unpaired) electrons. The summed E-state index contributed by atoms with van der Waals surface area (Å²) >= 11 is 0. The maximum Gasteiger partial charge on any atom is 0.0730 e. The van der Waals surface area contributed by atoms with Crippen LogP contribution in [0.3, 0.4) is 0 Å². The van der Waals surface area contributed by atoms with Crippen LogP contribution >= 0.6 is 24.8 Å². The third-order valence-corrected chi connectivity index (χ3v) is 10.5. The molecule has 2 aromatic heterocycles. The number of fused-ring (bicyclic) bond motifs is 4. The van der Waals surface area contributed by atoms with Crippen molar-refractivity contribution in [2.45, 2.75) is 12.8 Å². The van der Waals surface area contributed by atoms with E-state index in [2.05, 4.69) is 207 Å². The summed E-state index contributed by atoms with van der Waals surface area (Å²) in [7, 11) is 12.9. The Morgan fingerprint density at radius 2 is 0.741 bits per heavy atom. The van der Waals surface area contributed by atoms with Crippen LogP contribution in [0, 0.1) is 0 Å². The first kappa shape index (κ1) is 43.9. The topological polar surface area (TPSA) is 38.7 Å². The van der Waals surface area contributed by atoms with Gasteiger partial charge in [-0.1, -0.05) is 109 Å². The van der Waals surface area contributed by atoms with E-state index in [0.717, 1.165) is 72.6 Å². The number of halogens is 2. The van der Waals surface area contributed by atoms with Crippen molar-refractivity contribution in [3.63, 3.8) is 0 Å². The number of nitrogens with zero attached hydrogens (tertiary/aromatic N) is 6. The lowest BCUT2D eigenvalue weighted by atomic mass is 10.0. The van der Waals surface area contributed by atoms with Gasteiger partial charge in [-0.05, 0) is 112 Å². The Morgan fingerprint density at radius 1 is 0.379 bits per heavy atom. The second-order valence-electron chi connectivity index (χ2n) is 15.4. The Balaban J connectivity index is 0.000000214.